The van der Waals surface area contributed by atoms with Gasteiger partial charge in [0.2, 0.25) is 0 Å². The minimum absolute atomic E-state index is 0.0694. The highest BCUT2D eigenvalue weighted by Crippen LogP contribution is 1.97. The van der Waals surface area contributed by atoms with Gasteiger partial charge in [0.25, 0.3) is 0 Å². The number of unbranched alkanes of at least 4 members (excludes halogenated alkanes) is 4. The molecule has 30 heavy (non-hydrogen) atoms. The van der Waals surface area contributed by atoms with Crippen molar-refractivity contribution in [3.8, 4) is 0 Å². The summed E-state index contributed by atoms with van der Waals surface area (Å²) in [7, 11) is 0. The molecule has 0 aliphatic heterocycles. The first-order chi connectivity index (χ1) is 13.8. The molecule has 0 spiro atoms. The average molecular weight is 440 g/mol. The highest BCUT2D eigenvalue weighted by molar-refractivity contribution is 5.77. The molecule has 0 atom stereocenters. The fourth-order valence-corrected chi connectivity index (χ4v) is 1.25. The van der Waals surface area contributed by atoms with Gasteiger partial charge in [0.1, 0.15) is 5.54 Å². The van der Waals surface area contributed by atoms with E-state index in [1.807, 2.05) is 0 Å². The molecule has 0 saturated heterocycles. The maximum absolute atomic E-state index is 9.93. The van der Waals surface area contributed by atoms with E-state index in [4.69, 9.17) is 37.6 Å². The van der Waals surface area contributed by atoms with Crippen LogP contribution in [0, 0.1) is 0 Å². The van der Waals surface area contributed by atoms with Crippen molar-refractivity contribution in [1.29, 1.82) is 0 Å². The van der Waals surface area contributed by atoms with Crippen molar-refractivity contribution in [2.45, 2.75) is 84.1 Å². The largest absolute Gasteiger partial charge is 0.481 e. The van der Waals surface area contributed by atoms with Crippen LogP contribution in [-0.4, -0.2) is 62.9 Å². The van der Waals surface area contributed by atoms with Crippen molar-refractivity contribution in [1.82, 2.24) is 0 Å². The van der Waals surface area contributed by atoms with Gasteiger partial charge in [-0.05, 0) is 39.7 Å². The second-order valence-electron chi connectivity index (χ2n) is 6.80. The van der Waals surface area contributed by atoms with Gasteiger partial charge in [-0.1, -0.05) is 26.2 Å². The molecule has 0 unspecified atom stereocenters. The number of carboxylic acids is 4. The lowest BCUT2D eigenvalue weighted by Crippen LogP contribution is -2.41. The van der Waals surface area contributed by atoms with Gasteiger partial charge in [-0.3, -0.25) is 19.2 Å². The minimum atomic E-state index is -1.08. The highest BCUT2D eigenvalue weighted by atomic mass is 16.4. The Morgan fingerprint density at radius 2 is 1.03 bits per heavy atom. The van der Waals surface area contributed by atoms with Crippen molar-refractivity contribution < 1.29 is 39.6 Å². The molecule has 11 heteroatoms. The summed E-state index contributed by atoms with van der Waals surface area (Å²) >= 11 is 0. The molecular weight excluding hydrogens is 398 g/mol. The molecule has 0 aliphatic rings. The number of aliphatic carboxylic acids is 4. The van der Waals surface area contributed by atoms with Gasteiger partial charge in [0.15, 0.2) is 0 Å². The first kappa shape index (κ1) is 35.2. The Morgan fingerprint density at radius 3 is 1.23 bits per heavy atom. The Hall–Kier alpha value is -2.24. The van der Waals surface area contributed by atoms with Crippen LogP contribution < -0.4 is 17.2 Å². The zero-order valence-electron chi connectivity index (χ0n) is 18.4. The monoisotopic (exact) mass is 439 g/mol. The first-order valence-electron chi connectivity index (χ1n) is 9.83. The van der Waals surface area contributed by atoms with E-state index in [9.17, 15) is 19.2 Å². The fourth-order valence-electron chi connectivity index (χ4n) is 1.25. The van der Waals surface area contributed by atoms with E-state index >= 15 is 0 Å². The summed E-state index contributed by atoms with van der Waals surface area (Å²) in [5.41, 5.74) is 14.0. The zero-order valence-corrected chi connectivity index (χ0v) is 18.4. The van der Waals surface area contributed by atoms with Crippen LogP contribution in [0.25, 0.3) is 0 Å². The second kappa shape index (κ2) is 24.8. The molecule has 0 fully saturated rings. The number of rotatable bonds is 12. The van der Waals surface area contributed by atoms with Crippen LogP contribution in [-0.2, 0) is 19.2 Å². The molecule has 0 aliphatic carbocycles. The normalized spacial score (nSPS) is 9.53. The van der Waals surface area contributed by atoms with Crippen molar-refractivity contribution in [3.05, 3.63) is 0 Å². The standard InChI is InChI=1S/C6H13NO2.C6H12O2.C4H9NO2.C3H7NO2/c7-5-3-1-2-4-6(8)9;1-2-3-4-5-6(7)8;1-4(2,5)3(6)7;4-2-1-3(5)6/h1-5,7H2,(H,8,9);2-5H2,1H3,(H,7,8);5H2,1-2H3,(H,6,7);1-2,4H2,(H,5,6). The van der Waals surface area contributed by atoms with Crippen molar-refractivity contribution in [3.63, 3.8) is 0 Å². The van der Waals surface area contributed by atoms with E-state index in [0.717, 1.165) is 38.5 Å². The summed E-state index contributed by atoms with van der Waals surface area (Å²) in [4.78, 5) is 39.2. The summed E-state index contributed by atoms with van der Waals surface area (Å²) < 4.78 is 0. The number of nitrogens with two attached hydrogens (primary N) is 3. The van der Waals surface area contributed by atoms with Gasteiger partial charge >= 0.3 is 23.9 Å². The third-order valence-electron chi connectivity index (χ3n) is 3.00. The van der Waals surface area contributed by atoms with Crippen molar-refractivity contribution >= 4 is 23.9 Å². The van der Waals surface area contributed by atoms with E-state index in [2.05, 4.69) is 6.92 Å². The molecule has 0 heterocycles. The third kappa shape index (κ3) is 50.1. The van der Waals surface area contributed by atoms with E-state index in [-0.39, 0.29) is 19.4 Å². The zero-order chi connectivity index (χ0) is 24.6. The average Bonchev–Trinajstić information content (AvgIpc) is 2.59. The fraction of sp³-hybridized carbons (Fsp3) is 0.789. The lowest BCUT2D eigenvalue weighted by molar-refractivity contribution is -0.142. The molecule has 180 valence electrons. The smallest absolute Gasteiger partial charge is 0.323 e. The number of hydrogen-bond acceptors (Lipinski definition) is 7. The molecule has 0 radical (unpaired) electrons. The van der Waals surface area contributed by atoms with E-state index in [1.54, 1.807) is 0 Å². The Balaban J connectivity index is -0.000000152. The van der Waals surface area contributed by atoms with Crippen LogP contribution in [0.4, 0.5) is 0 Å². The summed E-state index contributed by atoms with van der Waals surface area (Å²) in [5.74, 6) is -3.21. The summed E-state index contributed by atoms with van der Waals surface area (Å²) in [6.45, 7) is 5.83. The Morgan fingerprint density at radius 1 is 0.667 bits per heavy atom. The van der Waals surface area contributed by atoms with Gasteiger partial charge < -0.3 is 37.6 Å². The number of hydrogen-bond donors (Lipinski definition) is 7. The van der Waals surface area contributed by atoms with Crippen LogP contribution in [0.1, 0.15) is 78.6 Å². The Bertz CT molecular complexity index is 452. The van der Waals surface area contributed by atoms with Gasteiger partial charge in [-0.25, -0.2) is 0 Å². The number of carboxylic acid groups (broad SMARTS) is 4. The molecule has 11 nitrogen and oxygen atoms in total. The topological polar surface area (TPSA) is 227 Å². The molecule has 0 saturated carbocycles. The molecule has 0 bridgehead atoms. The first-order valence-corrected chi connectivity index (χ1v) is 9.83. The van der Waals surface area contributed by atoms with Crippen LogP contribution in [0.15, 0.2) is 0 Å². The van der Waals surface area contributed by atoms with Gasteiger partial charge in [-0.15, -0.1) is 0 Å². The van der Waals surface area contributed by atoms with Gasteiger partial charge in [-0.2, -0.15) is 0 Å². The molecule has 0 amide bonds. The Labute approximate surface area is 178 Å². The maximum Gasteiger partial charge on any atom is 0.323 e. The van der Waals surface area contributed by atoms with Crippen LogP contribution in [0.2, 0.25) is 0 Å². The quantitative estimate of drug-likeness (QED) is 0.215. The Kier molecular flexibility index (Phi) is 29.1. The lowest BCUT2D eigenvalue weighted by Gasteiger charge is -2.09. The molecule has 10 N–H and O–H groups in total. The summed E-state index contributed by atoms with van der Waals surface area (Å²) in [6.07, 6.45) is 6.25. The lowest BCUT2D eigenvalue weighted by atomic mass is 10.1. The van der Waals surface area contributed by atoms with Crippen LogP contribution in [0.5, 0.6) is 0 Å². The van der Waals surface area contributed by atoms with Crippen LogP contribution >= 0.6 is 0 Å². The SMILES string of the molecule is CC(C)(N)C(=O)O.CCCCCC(=O)O.NCCC(=O)O.NCCCCCC(=O)O. The van der Waals surface area contributed by atoms with E-state index in [1.165, 1.54) is 13.8 Å². The predicted octanol–water partition coefficient (Wildman–Crippen LogP) is 1.47. The van der Waals surface area contributed by atoms with Gasteiger partial charge in [0.05, 0.1) is 6.42 Å². The minimum Gasteiger partial charge on any atom is -0.481 e. The second-order valence-corrected chi connectivity index (χ2v) is 6.80. The third-order valence-corrected chi connectivity index (χ3v) is 3.00. The highest BCUT2D eigenvalue weighted by Gasteiger charge is 2.19. The van der Waals surface area contributed by atoms with Crippen molar-refractivity contribution in [2.24, 2.45) is 17.2 Å². The predicted molar refractivity (Wildman–Crippen MR) is 114 cm³/mol. The molecule has 0 rings (SSSR count). The van der Waals surface area contributed by atoms with E-state index in [0.29, 0.717) is 13.0 Å². The molecule has 0 aromatic heterocycles. The van der Waals surface area contributed by atoms with Crippen molar-refractivity contribution in [2.75, 3.05) is 13.1 Å². The van der Waals surface area contributed by atoms with Gasteiger partial charge in [0, 0.05) is 19.4 Å². The maximum atomic E-state index is 9.93. The molecule has 0 aromatic carbocycles. The van der Waals surface area contributed by atoms with Crippen LogP contribution in [0.3, 0.4) is 0 Å². The summed E-state index contributed by atoms with van der Waals surface area (Å²) in [5, 5.41) is 32.3. The molecular formula is C19H41N3O8. The van der Waals surface area contributed by atoms with E-state index < -0.39 is 29.4 Å². The number of carbonyl (C=O) groups is 4. The summed E-state index contributed by atoms with van der Waals surface area (Å²) in [6, 6.07) is 0. The molecule has 0 aromatic rings.